The lowest BCUT2D eigenvalue weighted by atomic mass is 10.3. The number of hydrogen-bond acceptors (Lipinski definition) is 5. The SMILES string of the molecule is Cc1nnc(NC2(CO)CC2)s1. The van der Waals surface area contributed by atoms with Crippen LogP contribution in [0, 0.1) is 6.92 Å². The molecule has 0 aliphatic heterocycles. The Bertz CT molecular complexity index is 282. The summed E-state index contributed by atoms with van der Waals surface area (Å²) in [6, 6.07) is 0. The summed E-state index contributed by atoms with van der Waals surface area (Å²) in [6.45, 7) is 2.10. The van der Waals surface area contributed by atoms with Crippen LogP contribution in [0.5, 0.6) is 0 Å². The molecule has 1 saturated carbocycles. The highest BCUT2D eigenvalue weighted by Gasteiger charge is 2.42. The van der Waals surface area contributed by atoms with E-state index in [0.29, 0.717) is 0 Å². The van der Waals surface area contributed by atoms with Gasteiger partial charge < -0.3 is 10.4 Å². The van der Waals surface area contributed by atoms with E-state index < -0.39 is 0 Å². The van der Waals surface area contributed by atoms with E-state index in [2.05, 4.69) is 15.5 Å². The Hall–Kier alpha value is -0.680. The molecule has 1 aliphatic carbocycles. The molecule has 0 amide bonds. The second-order valence-electron chi connectivity index (χ2n) is 3.19. The van der Waals surface area contributed by atoms with Gasteiger partial charge >= 0.3 is 0 Å². The summed E-state index contributed by atoms with van der Waals surface area (Å²) in [5.74, 6) is 0. The summed E-state index contributed by atoms with van der Waals surface area (Å²) in [6.07, 6.45) is 2.06. The molecule has 5 heteroatoms. The van der Waals surface area contributed by atoms with E-state index in [-0.39, 0.29) is 12.1 Å². The minimum atomic E-state index is -0.0774. The van der Waals surface area contributed by atoms with Crippen molar-refractivity contribution in [3.63, 3.8) is 0 Å². The van der Waals surface area contributed by atoms with Crippen LogP contribution in [0.2, 0.25) is 0 Å². The van der Waals surface area contributed by atoms with Crippen LogP contribution in [-0.2, 0) is 0 Å². The average molecular weight is 185 g/mol. The highest BCUT2D eigenvalue weighted by Crippen LogP contribution is 2.38. The maximum absolute atomic E-state index is 9.02. The van der Waals surface area contributed by atoms with Crippen LogP contribution < -0.4 is 5.32 Å². The fourth-order valence-corrected chi connectivity index (χ4v) is 1.76. The number of aliphatic hydroxyl groups excluding tert-OH is 1. The van der Waals surface area contributed by atoms with Gasteiger partial charge in [-0.2, -0.15) is 0 Å². The third-order valence-corrected chi connectivity index (χ3v) is 2.81. The molecule has 12 heavy (non-hydrogen) atoms. The normalized spacial score (nSPS) is 19.2. The number of nitrogens with one attached hydrogen (secondary N) is 1. The van der Waals surface area contributed by atoms with Gasteiger partial charge in [0, 0.05) is 0 Å². The predicted molar refractivity (Wildman–Crippen MR) is 47.3 cm³/mol. The Balaban J connectivity index is 2.04. The fraction of sp³-hybridized carbons (Fsp3) is 0.714. The van der Waals surface area contributed by atoms with Crippen LogP contribution in [0.1, 0.15) is 17.8 Å². The Morgan fingerprint density at radius 1 is 1.58 bits per heavy atom. The summed E-state index contributed by atoms with van der Waals surface area (Å²) >= 11 is 1.53. The standard InChI is InChI=1S/C7H11N3OS/c1-5-9-10-6(12-5)8-7(4-11)2-3-7/h11H,2-4H2,1H3,(H,8,10). The molecular formula is C7H11N3OS. The van der Waals surface area contributed by atoms with E-state index in [9.17, 15) is 0 Å². The predicted octanol–water partition coefficient (Wildman–Crippen LogP) is 0.783. The largest absolute Gasteiger partial charge is 0.394 e. The molecule has 2 N–H and O–H groups in total. The summed E-state index contributed by atoms with van der Waals surface area (Å²) < 4.78 is 0. The van der Waals surface area contributed by atoms with Crippen LogP contribution in [0.3, 0.4) is 0 Å². The first-order valence-electron chi connectivity index (χ1n) is 3.93. The highest BCUT2D eigenvalue weighted by molar-refractivity contribution is 7.15. The zero-order valence-electron chi connectivity index (χ0n) is 6.87. The number of aromatic nitrogens is 2. The van der Waals surface area contributed by atoms with Gasteiger partial charge in [-0.15, -0.1) is 10.2 Å². The number of anilines is 1. The van der Waals surface area contributed by atoms with Gasteiger partial charge in [-0.1, -0.05) is 11.3 Å². The zero-order valence-corrected chi connectivity index (χ0v) is 7.69. The Kier molecular flexibility index (Phi) is 1.77. The smallest absolute Gasteiger partial charge is 0.206 e. The lowest BCUT2D eigenvalue weighted by Crippen LogP contribution is -2.25. The molecule has 1 aromatic heterocycles. The van der Waals surface area contributed by atoms with Crippen molar-refractivity contribution in [3.05, 3.63) is 5.01 Å². The van der Waals surface area contributed by atoms with Crippen LogP contribution in [0.25, 0.3) is 0 Å². The number of rotatable bonds is 3. The molecule has 1 heterocycles. The Labute approximate surface area is 74.6 Å². The van der Waals surface area contributed by atoms with Crippen molar-refractivity contribution in [3.8, 4) is 0 Å². The third kappa shape index (κ3) is 1.42. The van der Waals surface area contributed by atoms with Crippen LogP contribution >= 0.6 is 11.3 Å². The molecule has 0 aromatic carbocycles. The Morgan fingerprint density at radius 2 is 2.33 bits per heavy atom. The number of nitrogens with zero attached hydrogens (tertiary/aromatic N) is 2. The van der Waals surface area contributed by atoms with Crippen molar-refractivity contribution in [1.82, 2.24) is 10.2 Å². The van der Waals surface area contributed by atoms with Crippen molar-refractivity contribution in [2.75, 3.05) is 11.9 Å². The monoisotopic (exact) mass is 185 g/mol. The van der Waals surface area contributed by atoms with E-state index in [4.69, 9.17) is 5.11 Å². The fourth-order valence-electron chi connectivity index (χ4n) is 1.05. The van der Waals surface area contributed by atoms with Gasteiger partial charge in [-0.3, -0.25) is 0 Å². The molecule has 0 atom stereocenters. The first-order valence-corrected chi connectivity index (χ1v) is 4.75. The van der Waals surface area contributed by atoms with Gasteiger partial charge in [0.05, 0.1) is 12.1 Å². The summed E-state index contributed by atoms with van der Waals surface area (Å²) in [5, 5.41) is 21.8. The number of hydrogen-bond donors (Lipinski definition) is 2. The van der Waals surface area contributed by atoms with Gasteiger partial charge in [0.2, 0.25) is 5.13 Å². The van der Waals surface area contributed by atoms with Crippen LogP contribution in [0.4, 0.5) is 5.13 Å². The van der Waals surface area contributed by atoms with Crippen LogP contribution in [-0.4, -0.2) is 27.4 Å². The Morgan fingerprint density at radius 3 is 2.75 bits per heavy atom. The van der Waals surface area contributed by atoms with Crippen molar-refractivity contribution in [1.29, 1.82) is 0 Å². The molecule has 0 unspecified atom stereocenters. The van der Waals surface area contributed by atoms with E-state index in [1.165, 1.54) is 11.3 Å². The minimum Gasteiger partial charge on any atom is -0.394 e. The molecule has 1 aromatic rings. The van der Waals surface area contributed by atoms with Crippen molar-refractivity contribution in [2.24, 2.45) is 0 Å². The van der Waals surface area contributed by atoms with Gasteiger partial charge in [-0.05, 0) is 19.8 Å². The third-order valence-electron chi connectivity index (χ3n) is 2.05. The van der Waals surface area contributed by atoms with E-state index in [1.807, 2.05) is 6.92 Å². The van der Waals surface area contributed by atoms with Gasteiger partial charge in [0.1, 0.15) is 5.01 Å². The highest BCUT2D eigenvalue weighted by atomic mass is 32.1. The molecule has 2 rings (SSSR count). The number of aliphatic hydroxyl groups is 1. The second-order valence-corrected chi connectivity index (χ2v) is 4.37. The van der Waals surface area contributed by atoms with Crippen molar-refractivity contribution in [2.45, 2.75) is 25.3 Å². The molecule has 0 bridgehead atoms. The van der Waals surface area contributed by atoms with Gasteiger partial charge in [0.15, 0.2) is 0 Å². The molecule has 1 fully saturated rings. The van der Waals surface area contributed by atoms with Gasteiger partial charge in [-0.25, -0.2) is 0 Å². The second kappa shape index (κ2) is 2.67. The maximum Gasteiger partial charge on any atom is 0.206 e. The number of aryl methyl sites for hydroxylation is 1. The molecular weight excluding hydrogens is 174 g/mol. The first-order chi connectivity index (χ1) is 5.74. The van der Waals surface area contributed by atoms with E-state index in [0.717, 1.165) is 23.0 Å². The quantitative estimate of drug-likeness (QED) is 0.730. The average Bonchev–Trinajstić information content (AvgIpc) is 2.71. The van der Waals surface area contributed by atoms with E-state index in [1.54, 1.807) is 0 Å². The molecule has 0 saturated heterocycles. The topological polar surface area (TPSA) is 58.0 Å². The summed E-state index contributed by atoms with van der Waals surface area (Å²) in [7, 11) is 0. The lowest BCUT2D eigenvalue weighted by Gasteiger charge is -2.11. The summed E-state index contributed by atoms with van der Waals surface area (Å²) in [4.78, 5) is 0. The van der Waals surface area contributed by atoms with Crippen molar-refractivity contribution >= 4 is 16.5 Å². The maximum atomic E-state index is 9.02. The van der Waals surface area contributed by atoms with Gasteiger partial charge in [0.25, 0.3) is 0 Å². The first kappa shape index (κ1) is 7.94. The summed E-state index contributed by atoms with van der Waals surface area (Å²) in [5.41, 5.74) is -0.0774. The zero-order chi connectivity index (χ0) is 8.60. The molecule has 66 valence electrons. The molecule has 0 spiro atoms. The van der Waals surface area contributed by atoms with E-state index >= 15 is 0 Å². The lowest BCUT2D eigenvalue weighted by molar-refractivity contribution is 0.266. The minimum absolute atomic E-state index is 0.0774. The molecule has 0 radical (unpaired) electrons. The molecule has 4 nitrogen and oxygen atoms in total. The van der Waals surface area contributed by atoms with Crippen LogP contribution in [0.15, 0.2) is 0 Å². The molecule has 1 aliphatic rings. The van der Waals surface area contributed by atoms with Crippen molar-refractivity contribution < 1.29 is 5.11 Å².